The Hall–Kier alpha value is -4.10. The van der Waals surface area contributed by atoms with Crippen LogP contribution >= 0.6 is 0 Å². The van der Waals surface area contributed by atoms with Crippen molar-refractivity contribution in [1.82, 2.24) is 10.3 Å². The summed E-state index contributed by atoms with van der Waals surface area (Å²) in [5, 5.41) is 13.5. The van der Waals surface area contributed by atoms with Gasteiger partial charge in [0.1, 0.15) is 11.6 Å². The molecule has 0 aliphatic heterocycles. The number of rotatable bonds is 5. The number of nitrogens with one attached hydrogen (secondary N) is 2. The molecule has 0 aliphatic rings. The normalized spacial score (nSPS) is 11.3. The maximum Gasteiger partial charge on any atom is 0.262 e. The van der Waals surface area contributed by atoms with Crippen LogP contribution in [0.2, 0.25) is 0 Å². The number of carbonyl (C=O) groups is 1. The van der Waals surface area contributed by atoms with Gasteiger partial charge in [-0.25, -0.2) is 0 Å². The van der Waals surface area contributed by atoms with Gasteiger partial charge in [-0.3, -0.25) is 4.79 Å². The van der Waals surface area contributed by atoms with Gasteiger partial charge in [0.15, 0.2) is 0 Å². The smallest absolute Gasteiger partial charge is 0.262 e. The molecule has 0 unspecified atom stereocenters. The van der Waals surface area contributed by atoms with Crippen LogP contribution in [0.5, 0.6) is 0 Å². The van der Waals surface area contributed by atoms with Gasteiger partial charge in [-0.15, -0.1) is 0 Å². The second kappa shape index (κ2) is 8.50. The van der Waals surface area contributed by atoms with E-state index >= 15 is 0 Å². The minimum Gasteiger partial charge on any atom is -0.354 e. The highest BCUT2D eigenvalue weighted by atomic mass is 16.1. The molecule has 30 heavy (non-hydrogen) atoms. The van der Waals surface area contributed by atoms with Crippen LogP contribution in [0.3, 0.4) is 0 Å². The lowest BCUT2D eigenvalue weighted by atomic mass is 10.0. The second-order valence-electron chi connectivity index (χ2n) is 7.17. The molecular weight excluding hydrogens is 370 g/mol. The Morgan fingerprint density at radius 1 is 1.03 bits per heavy atom. The highest BCUT2D eigenvalue weighted by Gasteiger charge is 2.15. The van der Waals surface area contributed by atoms with Crippen molar-refractivity contribution in [2.75, 3.05) is 0 Å². The maximum absolute atomic E-state index is 12.7. The fourth-order valence-electron chi connectivity index (χ4n) is 3.48. The highest BCUT2D eigenvalue weighted by molar-refractivity contribution is 6.06. The predicted octanol–water partition coefficient (Wildman–Crippen LogP) is 5.37. The summed E-state index contributed by atoms with van der Waals surface area (Å²) in [6, 6.07) is 27.8. The van der Waals surface area contributed by atoms with Gasteiger partial charge in [0.2, 0.25) is 0 Å². The Balaban J connectivity index is 1.74. The van der Waals surface area contributed by atoms with Crippen LogP contribution in [0.4, 0.5) is 0 Å². The van der Waals surface area contributed by atoms with Crippen molar-refractivity contribution in [2.24, 2.45) is 0 Å². The molecule has 4 heteroatoms. The lowest BCUT2D eigenvalue weighted by molar-refractivity contribution is -0.117. The van der Waals surface area contributed by atoms with Crippen LogP contribution in [0.15, 0.2) is 84.4 Å². The summed E-state index contributed by atoms with van der Waals surface area (Å²) in [5.74, 6) is -0.387. The van der Waals surface area contributed by atoms with E-state index in [0.29, 0.717) is 6.54 Å². The lowest BCUT2D eigenvalue weighted by Gasteiger charge is -2.06. The quantitative estimate of drug-likeness (QED) is 0.355. The third-order valence-corrected chi connectivity index (χ3v) is 5.01. The molecule has 0 saturated carbocycles. The molecule has 2 N–H and O–H groups in total. The minimum absolute atomic E-state index is 0.0746. The molecule has 1 heterocycles. The molecule has 0 bridgehead atoms. The number of amides is 1. The summed E-state index contributed by atoms with van der Waals surface area (Å²) in [7, 11) is 0. The Morgan fingerprint density at radius 2 is 1.73 bits per heavy atom. The number of aryl methyl sites for hydroxylation is 1. The predicted molar refractivity (Wildman–Crippen MR) is 120 cm³/mol. The number of hydrogen-bond donors (Lipinski definition) is 2. The van der Waals surface area contributed by atoms with Gasteiger partial charge < -0.3 is 10.3 Å². The Kier molecular flexibility index (Phi) is 5.45. The zero-order valence-electron chi connectivity index (χ0n) is 16.6. The van der Waals surface area contributed by atoms with Crippen LogP contribution in [-0.4, -0.2) is 10.9 Å². The summed E-state index contributed by atoms with van der Waals surface area (Å²) in [6.07, 6.45) is 1.68. The summed E-state index contributed by atoms with van der Waals surface area (Å²) in [5.41, 5.74) is 5.86. The molecule has 4 rings (SSSR count). The number of nitriles is 1. The largest absolute Gasteiger partial charge is 0.354 e. The number of H-pyrrole nitrogens is 1. The van der Waals surface area contributed by atoms with Crippen LogP contribution < -0.4 is 5.32 Å². The summed E-state index contributed by atoms with van der Waals surface area (Å²) in [4.78, 5) is 16.2. The molecule has 146 valence electrons. The van der Waals surface area contributed by atoms with E-state index in [0.717, 1.165) is 38.9 Å². The molecule has 3 aromatic carbocycles. The van der Waals surface area contributed by atoms with Crippen LogP contribution in [0.1, 0.15) is 16.7 Å². The number of aromatic amines is 1. The summed E-state index contributed by atoms with van der Waals surface area (Å²) in [6.45, 7) is 2.40. The van der Waals surface area contributed by atoms with Crippen molar-refractivity contribution in [1.29, 1.82) is 5.26 Å². The zero-order chi connectivity index (χ0) is 20.9. The molecule has 0 saturated heterocycles. The maximum atomic E-state index is 12.7. The van der Waals surface area contributed by atoms with Gasteiger partial charge in [0.05, 0.1) is 5.69 Å². The third kappa shape index (κ3) is 4.01. The average Bonchev–Trinajstić information content (AvgIpc) is 3.14. The molecule has 4 nitrogen and oxygen atoms in total. The molecule has 0 atom stereocenters. The van der Waals surface area contributed by atoms with Gasteiger partial charge >= 0.3 is 0 Å². The molecule has 0 radical (unpaired) electrons. The summed E-state index contributed by atoms with van der Waals surface area (Å²) >= 11 is 0. The molecule has 4 aromatic rings. The second-order valence-corrected chi connectivity index (χ2v) is 7.17. The first-order chi connectivity index (χ1) is 14.7. The number of hydrogen-bond acceptors (Lipinski definition) is 2. The van der Waals surface area contributed by atoms with Gasteiger partial charge in [0.25, 0.3) is 5.91 Å². The fourth-order valence-corrected chi connectivity index (χ4v) is 3.48. The lowest BCUT2D eigenvalue weighted by Crippen LogP contribution is -2.23. The summed E-state index contributed by atoms with van der Waals surface area (Å²) < 4.78 is 0. The average molecular weight is 391 g/mol. The third-order valence-electron chi connectivity index (χ3n) is 5.01. The molecule has 1 amide bonds. The van der Waals surface area contributed by atoms with Crippen LogP contribution in [0, 0.1) is 18.3 Å². The van der Waals surface area contributed by atoms with E-state index in [9.17, 15) is 10.1 Å². The van der Waals surface area contributed by atoms with Gasteiger partial charge in [-0.05, 0) is 36.3 Å². The number of aromatic nitrogens is 1. The molecule has 1 aromatic heterocycles. The van der Waals surface area contributed by atoms with Crippen molar-refractivity contribution in [3.8, 4) is 17.3 Å². The Morgan fingerprint density at radius 3 is 2.43 bits per heavy atom. The monoisotopic (exact) mass is 391 g/mol. The molecule has 0 fully saturated rings. The first-order valence-electron chi connectivity index (χ1n) is 9.77. The van der Waals surface area contributed by atoms with Crippen molar-refractivity contribution in [3.63, 3.8) is 0 Å². The van der Waals surface area contributed by atoms with Crippen molar-refractivity contribution in [2.45, 2.75) is 13.5 Å². The standard InChI is InChI=1S/C26H21N3O/c1-18-12-13-24-22(14-18)23(25(29-24)20-10-6-3-7-11-20)15-21(16-27)26(30)28-17-19-8-4-2-5-9-19/h2-15,29H,17H2,1H3,(H,28,30)/b21-15-. The number of carbonyl (C=O) groups excluding carboxylic acids is 1. The van der Waals surface area contributed by atoms with Gasteiger partial charge in [-0.1, -0.05) is 72.3 Å². The fraction of sp³-hybridized carbons (Fsp3) is 0.0769. The van der Waals surface area contributed by atoms with Crippen molar-refractivity contribution < 1.29 is 4.79 Å². The molecular formula is C26H21N3O. The van der Waals surface area contributed by atoms with E-state index in [4.69, 9.17) is 0 Å². The van der Waals surface area contributed by atoms with Crippen molar-refractivity contribution in [3.05, 3.63) is 101 Å². The molecule has 0 aliphatic carbocycles. The topological polar surface area (TPSA) is 68.7 Å². The van der Waals surface area contributed by atoms with E-state index in [1.165, 1.54) is 0 Å². The SMILES string of the molecule is Cc1ccc2[nH]c(-c3ccccc3)c(/C=C(/C#N)C(=O)NCc3ccccc3)c2c1. The van der Waals surface area contributed by atoms with E-state index in [1.807, 2.05) is 79.7 Å². The van der Waals surface area contributed by atoms with Crippen LogP contribution in [-0.2, 0) is 11.3 Å². The van der Waals surface area contributed by atoms with Gasteiger partial charge in [0, 0.05) is 23.0 Å². The first kappa shape index (κ1) is 19.2. The van der Waals surface area contributed by atoms with E-state index in [-0.39, 0.29) is 11.5 Å². The Labute approximate surface area is 175 Å². The molecule has 0 spiro atoms. The van der Waals surface area contributed by atoms with E-state index < -0.39 is 0 Å². The number of fused-ring (bicyclic) bond motifs is 1. The minimum atomic E-state index is -0.387. The zero-order valence-corrected chi connectivity index (χ0v) is 16.6. The number of nitrogens with zero attached hydrogens (tertiary/aromatic N) is 1. The van der Waals surface area contributed by atoms with E-state index in [2.05, 4.69) is 22.4 Å². The first-order valence-corrected chi connectivity index (χ1v) is 9.77. The van der Waals surface area contributed by atoms with Gasteiger partial charge in [-0.2, -0.15) is 5.26 Å². The van der Waals surface area contributed by atoms with E-state index in [1.54, 1.807) is 6.08 Å². The highest BCUT2D eigenvalue weighted by Crippen LogP contribution is 2.32. The van der Waals surface area contributed by atoms with Crippen molar-refractivity contribution >= 4 is 22.9 Å². The van der Waals surface area contributed by atoms with Crippen LogP contribution in [0.25, 0.3) is 28.2 Å². The number of benzene rings is 3. The Bertz CT molecular complexity index is 1260.